The SMILES string of the molecule is CN1CCC(NC(=O)C2CC=CCC2)CC1. The van der Waals surface area contributed by atoms with Gasteiger partial charge in [-0.15, -0.1) is 0 Å². The number of likely N-dealkylation sites (tertiary alicyclic amines) is 1. The molecule has 3 nitrogen and oxygen atoms in total. The second kappa shape index (κ2) is 5.48. The lowest BCUT2D eigenvalue weighted by Crippen LogP contribution is -2.45. The summed E-state index contributed by atoms with van der Waals surface area (Å²) in [5, 5.41) is 3.21. The molecule has 1 N–H and O–H groups in total. The lowest BCUT2D eigenvalue weighted by Gasteiger charge is -2.30. The molecule has 0 saturated carbocycles. The molecule has 0 aromatic rings. The minimum Gasteiger partial charge on any atom is -0.353 e. The highest BCUT2D eigenvalue weighted by molar-refractivity contribution is 5.79. The molecular weight excluding hydrogens is 200 g/mol. The van der Waals surface area contributed by atoms with Crippen molar-refractivity contribution in [3.63, 3.8) is 0 Å². The molecule has 0 aromatic carbocycles. The van der Waals surface area contributed by atoms with Crippen LogP contribution in [-0.4, -0.2) is 37.0 Å². The van der Waals surface area contributed by atoms with Gasteiger partial charge in [0.05, 0.1) is 0 Å². The summed E-state index contributed by atoms with van der Waals surface area (Å²) in [7, 11) is 2.14. The lowest BCUT2D eigenvalue weighted by molar-refractivity contribution is -0.126. The monoisotopic (exact) mass is 222 g/mol. The molecule has 1 aliphatic heterocycles. The molecule has 3 heteroatoms. The van der Waals surface area contributed by atoms with Gasteiger partial charge < -0.3 is 10.2 Å². The number of hydrogen-bond acceptors (Lipinski definition) is 2. The van der Waals surface area contributed by atoms with Gasteiger partial charge in [-0.05, 0) is 52.2 Å². The number of carbonyl (C=O) groups excluding carboxylic acids is 1. The minimum atomic E-state index is 0.227. The third-order valence-electron chi connectivity index (χ3n) is 3.70. The molecule has 1 amide bonds. The zero-order valence-corrected chi connectivity index (χ0v) is 10.1. The molecule has 1 unspecified atom stereocenters. The van der Waals surface area contributed by atoms with Crippen LogP contribution < -0.4 is 5.32 Å². The van der Waals surface area contributed by atoms with Crippen molar-refractivity contribution in [2.24, 2.45) is 5.92 Å². The van der Waals surface area contributed by atoms with Crippen molar-refractivity contribution in [2.75, 3.05) is 20.1 Å². The van der Waals surface area contributed by atoms with Crippen molar-refractivity contribution in [2.45, 2.75) is 38.1 Å². The zero-order chi connectivity index (χ0) is 11.4. The zero-order valence-electron chi connectivity index (χ0n) is 10.1. The summed E-state index contributed by atoms with van der Waals surface area (Å²) in [6, 6.07) is 0.412. The van der Waals surface area contributed by atoms with Gasteiger partial charge in [-0.25, -0.2) is 0 Å². The fourth-order valence-electron chi connectivity index (χ4n) is 2.50. The average molecular weight is 222 g/mol. The van der Waals surface area contributed by atoms with Gasteiger partial charge >= 0.3 is 0 Å². The van der Waals surface area contributed by atoms with Crippen LogP contribution in [0.15, 0.2) is 12.2 Å². The molecule has 0 spiro atoms. The Labute approximate surface area is 97.9 Å². The smallest absolute Gasteiger partial charge is 0.223 e. The summed E-state index contributed by atoms with van der Waals surface area (Å²) in [6.07, 6.45) is 9.54. The predicted octanol–water partition coefficient (Wildman–Crippen LogP) is 1.55. The van der Waals surface area contributed by atoms with Crippen molar-refractivity contribution >= 4 is 5.91 Å². The Kier molecular flexibility index (Phi) is 3.99. The number of carbonyl (C=O) groups is 1. The Morgan fingerprint density at radius 1 is 1.25 bits per heavy atom. The Balaban J connectivity index is 1.76. The van der Waals surface area contributed by atoms with E-state index in [0.29, 0.717) is 6.04 Å². The maximum atomic E-state index is 12.0. The number of nitrogens with one attached hydrogen (secondary N) is 1. The van der Waals surface area contributed by atoms with E-state index in [1.807, 2.05) is 0 Å². The van der Waals surface area contributed by atoms with Crippen molar-refractivity contribution in [3.05, 3.63) is 12.2 Å². The van der Waals surface area contributed by atoms with E-state index in [4.69, 9.17) is 0 Å². The molecule has 16 heavy (non-hydrogen) atoms. The van der Waals surface area contributed by atoms with E-state index in [9.17, 15) is 4.79 Å². The van der Waals surface area contributed by atoms with Crippen molar-refractivity contribution in [1.82, 2.24) is 10.2 Å². The van der Waals surface area contributed by atoms with Crippen LogP contribution in [0.3, 0.4) is 0 Å². The van der Waals surface area contributed by atoms with Crippen molar-refractivity contribution < 1.29 is 4.79 Å². The van der Waals surface area contributed by atoms with Crippen LogP contribution in [0.4, 0.5) is 0 Å². The summed E-state index contributed by atoms with van der Waals surface area (Å²) in [4.78, 5) is 14.3. The number of allylic oxidation sites excluding steroid dienone is 2. The molecule has 0 aromatic heterocycles. The topological polar surface area (TPSA) is 32.3 Å². The highest BCUT2D eigenvalue weighted by atomic mass is 16.1. The van der Waals surface area contributed by atoms with Crippen LogP contribution in [0, 0.1) is 5.92 Å². The lowest BCUT2D eigenvalue weighted by atomic mass is 9.93. The summed E-state index contributed by atoms with van der Waals surface area (Å²) in [6.45, 7) is 2.21. The number of nitrogens with zero attached hydrogens (tertiary/aromatic N) is 1. The maximum absolute atomic E-state index is 12.0. The molecule has 0 bridgehead atoms. The number of amides is 1. The number of rotatable bonds is 2. The first-order valence-electron chi connectivity index (χ1n) is 6.39. The Bertz CT molecular complexity index is 267. The third kappa shape index (κ3) is 3.08. The van der Waals surface area contributed by atoms with E-state index in [0.717, 1.165) is 45.2 Å². The minimum absolute atomic E-state index is 0.227. The summed E-state index contributed by atoms with van der Waals surface area (Å²) >= 11 is 0. The molecule has 1 atom stereocenters. The number of piperidine rings is 1. The fourth-order valence-corrected chi connectivity index (χ4v) is 2.50. The molecule has 90 valence electrons. The predicted molar refractivity (Wildman–Crippen MR) is 65.1 cm³/mol. The Morgan fingerprint density at radius 3 is 2.62 bits per heavy atom. The molecular formula is C13H22N2O. The molecule has 1 fully saturated rings. The van der Waals surface area contributed by atoms with Crippen LogP contribution in [-0.2, 0) is 4.79 Å². The van der Waals surface area contributed by atoms with E-state index < -0.39 is 0 Å². The van der Waals surface area contributed by atoms with Gasteiger partial charge in [0.15, 0.2) is 0 Å². The maximum Gasteiger partial charge on any atom is 0.223 e. The van der Waals surface area contributed by atoms with E-state index in [1.165, 1.54) is 0 Å². The standard InChI is InChI=1S/C13H22N2O/c1-15-9-7-12(8-10-15)14-13(16)11-5-3-2-4-6-11/h2-3,11-12H,4-10H2,1H3,(H,14,16). The normalized spacial score (nSPS) is 27.9. The Hall–Kier alpha value is -0.830. The average Bonchev–Trinajstić information content (AvgIpc) is 2.33. The van der Waals surface area contributed by atoms with E-state index in [1.54, 1.807) is 0 Å². The second-order valence-electron chi connectivity index (χ2n) is 5.07. The first-order valence-corrected chi connectivity index (χ1v) is 6.39. The highest BCUT2D eigenvalue weighted by Gasteiger charge is 2.23. The summed E-state index contributed by atoms with van der Waals surface area (Å²) in [5.41, 5.74) is 0. The summed E-state index contributed by atoms with van der Waals surface area (Å²) in [5.74, 6) is 0.503. The molecule has 2 rings (SSSR count). The van der Waals surface area contributed by atoms with Gasteiger partial charge in [0, 0.05) is 12.0 Å². The molecule has 1 heterocycles. The van der Waals surface area contributed by atoms with Crippen LogP contribution in [0.25, 0.3) is 0 Å². The summed E-state index contributed by atoms with van der Waals surface area (Å²) < 4.78 is 0. The quantitative estimate of drug-likeness (QED) is 0.719. The van der Waals surface area contributed by atoms with Crippen LogP contribution in [0.1, 0.15) is 32.1 Å². The van der Waals surface area contributed by atoms with E-state index in [2.05, 4.69) is 29.4 Å². The highest BCUT2D eigenvalue weighted by Crippen LogP contribution is 2.19. The largest absolute Gasteiger partial charge is 0.353 e. The first-order chi connectivity index (χ1) is 7.75. The molecule has 1 saturated heterocycles. The molecule has 2 aliphatic rings. The van der Waals surface area contributed by atoms with Gasteiger partial charge in [-0.2, -0.15) is 0 Å². The van der Waals surface area contributed by atoms with E-state index in [-0.39, 0.29) is 11.8 Å². The van der Waals surface area contributed by atoms with Crippen molar-refractivity contribution in [3.8, 4) is 0 Å². The van der Waals surface area contributed by atoms with E-state index >= 15 is 0 Å². The number of hydrogen-bond donors (Lipinski definition) is 1. The Morgan fingerprint density at radius 2 is 2.00 bits per heavy atom. The molecule has 0 radical (unpaired) electrons. The van der Waals surface area contributed by atoms with Gasteiger partial charge in [0.25, 0.3) is 0 Å². The molecule has 1 aliphatic carbocycles. The third-order valence-corrected chi connectivity index (χ3v) is 3.70. The second-order valence-corrected chi connectivity index (χ2v) is 5.07. The van der Waals surface area contributed by atoms with Crippen LogP contribution in [0.5, 0.6) is 0 Å². The fraction of sp³-hybridized carbons (Fsp3) is 0.769. The van der Waals surface area contributed by atoms with Crippen LogP contribution in [0.2, 0.25) is 0 Å². The van der Waals surface area contributed by atoms with Gasteiger partial charge in [0.1, 0.15) is 0 Å². The van der Waals surface area contributed by atoms with Gasteiger partial charge in [-0.1, -0.05) is 12.2 Å². The van der Waals surface area contributed by atoms with Gasteiger partial charge in [-0.3, -0.25) is 4.79 Å². The first kappa shape index (κ1) is 11.6. The van der Waals surface area contributed by atoms with Gasteiger partial charge in [0.2, 0.25) is 5.91 Å². The van der Waals surface area contributed by atoms with Crippen LogP contribution >= 0.6 is 0 Å². The van der Waals surface area contributed by atoms with Crippen molar-refractivity contribution in [1.29, 1.82) is 0 Å².